The molecule has 1 aromatic carbocycles. The molecule has 0 saturated carbocycles. The molecular weight excluding hydrogens is 206 g/mol. The lowest BCUT2D eigenvalue weighted by molar-refractivity contribution is 0.598. The first-order valence-electron chi connectivity index (χ1n) is 7.15. The molecule has 0 aliphatic heterocycles. The SMILES string of the molecule is CCNCCCCCCc1ccc(CC)cc1. The molecule has 0 fully saturated rings. The highest BCUT2D eigenvalue weighted by molar-refractivity contribution is 5.22. The zero-order valence-electron chi connectivity index (χ0n) is 11.5. The molecule has 1 heteroatoms. The van der Waals surface area contributed by atoms with E-state index in [1.807, 2.05) is 0 Å². The molecule has 0 atom stereocenters. The average molecular weight is 233 g/mol. The van der Waals surface area contributed by atoms with Crippen molar-refractivity contribution in [1.82, 2.24) is 5.32 Å². The van der Waals surface area contributed by atoms with Gasteiger partial charge in [0.25, 0.3) is 0 Å². The van der Waals surface area contributed by atoms with Gasteiger partial charge >= 0.3 is 0 Å². The van der Waals surface area contributed by atoms with Crippen LogP contribution in [0.15, 0.2) is 24.3 Å². The Labute approximate surface area is 107 Å². The third kappa shape index (κ3) is 6.48. The highest BCUT2D eigenvalue weighted by Gasteiger charge is 1.94. The van der Waals surface area contributed by atoms with E-state index in [0.29, 0.717) is 0 Å². The quantitative estimate of drug-likeness (QED) is 0.637. The maximum absolute atomic E-state index is 3.37. The topological polar surface area (TPSA) is 12.0 Å². The van der Waals surface area contributed by atoms with Gasteiger partial charge in [-0.3, -0.25) is 0 Å². The molecule has 0 unspecified atom stereocenters. The summed E-state index contributed by atoms with van der Waals surface area (Å²) in [5, 5.41) is 3.37. The normalized spacial score (nSPS) is 10.7. The van der Waals surface area contributed by atoms with E-state index in [1.165, 1.54) is 49.8 Å². The zero-order chi connectivity index (χ0) is 12.3. The van der Waals surface area contributed by atoms with E-state index in [2.05, 4.69) is 43.4 Å². The van der Waals surface area contributed by atoms with Crippen molar-refractivity contribution in [2.24, 2.45) is 0 Å². The molecule has 0 bridgehead atoms. The molecule has 0 radical (unpaired) electrons. The molecule has 0 heterocycles. The predicted molar refractivity (Wildman–Crippen MR) is 76.5 cm³/mol. The summed E-state index contributed by atoms with van der Waals surface area (Å²) in [5.41, 5.74) is 2.94. The van der Waals surface area contributed by atoms with Gasteiger partial charge in [0, 0.05) is 0 Å². The average Bonchev–Trinajstić information content (AvgIpc) is 2.38. The van der Waals surface area contributed by atoms with Gasteiger partial charge in [-0.05, 0) is 49.9 Å². The zero-order valence-corrected chi connectivity index (χ0v) is 11.5. The summed E-state index contributed by atoms with van der Waals surface area (Å²) < 4.78 is 0. The van der Waals surface area contributed by atoms with Crippen LogP contribution in [0.2, 0.25) is 0 Å². The summed E-state index contributed by atoms with van der Waals surface area (Å²) in [6.45, 7) is 6.66. The first-order valence-corrected chi connectivity index (χ1v) is 7.15. The fraction of sp³-hybridized carbons (Fsp3) is 0.625. The van der Waals surface area contributed by atoms with E-state index < -0.39 is 0 Å². The van der Waals surface area contributed by atoms with Gasteiger partial charge in [-0.2, -0.15) is 0 Å². The Hall–Kier alpha value is -0.820. The van der Waals surface area contributed by atoms with E-state index in [4.69, 9.17) is 0 Å². The van der Waals surface area contributed by atoms with Gasteiger partial charge < -0.3 is 5.32 Å². The van der Waals surface area contributed by atoms with Crippen LogP contribution in [0.5, 0.6) is 0 Å². The minimum Gasteiger partial charge on any atom is -0.317 e. The van der Waals surface area contributed by atoms with Crippen molar-refractivity contribution in [3.05, 3.63) is 35.4 Å². The van der Waals surface area contributed by atoms with Gasteiger partial charge in [-0.15, -0.1) is 0 Å². The molecule has 1 aromatic rings. The summed E-state index contributed by atoms with van der Waals surface area (Å²) in [5.74, 6) is 0. The second-order valence-corrected chi connectivity index (χ2v) is 4.69. The molecule has 0 amide bonds. The summed E-state index contributed by atoms with van der Waals surface area (Å²) >= 11 is 0. The molecule has 0 aliphatic carbocycles. The van der Waals surface area contributed by atoms with Crippen molar-refractivity contribution < 1.29 is 0 Å². The summed E-state index contributed by atoms with van der Waals surface area (Å²) in [6.07, 6.45) is 7.76. The first-order chi connectivity index (χ1) is 8.36. The van der Waals surface area contributed by atoms with Gasteiger partial charge in [0.1, 0.15) is 0 Å². The second-order valence-electron chi connectivity index (χ2n) is 4.69. The molecule has 1 rings (SSSR count). The molecule has 0 spiro atoms. The van der Waals surface area contributed by atoms with E-state index in [9.17, 15) is 0 Å². The Morgan fingerprint density at radius 2 is 1.47 bits per heavy atom. The minimum atomic E-state index is 1.10. The van der Waals surface area contributed by atoms with Gasteiger partial charge in [-0.1, -0.05) is 51.0 Å². The standard InChI is InChI=1S/C16H27N/c1-3-15-10-12-16(13-11-15)9-7-5-6-8-14-17-4-2/h10-13,17H,3-9,14H2,1-2H3. The van der Waals surface area contributed by atoms with Crippen LogP contribution in [0.25, 0.3) is 0 Å². The Bertz CT molecular complexity index is 276. The van der Waals surface area contributed by atoms with Gasteiger partial charge in [0.2, 0.25) is 0 Å². The Balaban J connectivity index is 2.05. The third-order valence-corrected chi connectivity index (χ3v) is 3.25. The van der Waals surface area contributed by atoms with E-state index in [-0.39, 0.29) is 0 Å². The van der Waals surface area contributed by atoms with Crippen molar-refractivity contribution in [3.63, 3.8) is 0 Å². The fourth-order valence-corrected chi connectivity index (χ4v) is 2.05. The lowest BCUT2D eigenvalue weighted by atomic mass is 10.0. The molecule has 0 aromatic heterocycles. The summed E-state index contributed by atoms with van der Waals surface area (Å²) in [6, 6.07) is 9.11. The molecule has 0 saturated heterocycles. The molecule has 17 heavy (non-hydrogen) atoms. The maximum atomic E-state index is 3.37. The highest BCUT2D eigenvalue weighted by Crippen LogP contribution is 2.09. The first kappa shape index (κ1) is 14.2. The predicted octanol–water partition coefficient (Wildman–Crippen LogP) is 3.96. The van der Waals surface area contributed by atoms with Gasteiger partial charge in [0.15, 0.2) is 0 Å². The van der Waals surface area contributed by atoms with Crippen molar-refractivity contribution in [2.45, 2.75) is 52.4 Å². The molecule has 1 nitrogen and oxygen atoms in total. The van der Waals surface area contributed by atoms with Crippen molar-refractivity contribution in [2.75, 3.05) is 13.1 Å². The maximum Gasteiger partial charge on any atom is -0.00490 e. The number of nitrogens with one attached hydrogen (secondary N) is 1. The Kier molecular flexibility index (Phi) is 7.74. The molecule has 96 valence electrons. The van der Waals surface area contributed by atoms with Gasteiger partial charge in [0.05, 0.1) is 0 Å². The summed E-state index contributed by atoms with van der Waals surface area (Å²) in [4.78, 5) is 0. The van der Waals surface area contributed by atoms with Crippen LogP contribution >= 0.6 is 0 Å². The Morgan fingerprint density at radius 3 is 2.12 bits per heavy atom. The van der Waals surface area contributed by atoms with Crippen LogP contribution in [-0.4, -0.2) is 13.1 Å². The van der Waals surface area contributed by atoms with Gasteiger partial charge in [-0.25, -0.2) is 0 Å². The van der Waals surface area contributed by atoms with Crippen LogP contribution in [-0.2, 0) is 12.8 Å². The van der Waals surface area contributed by atoms with Crippen molar-refractivity contribution in [3.8, 4) is 0 Å². The van der Waals surface area contributed by atoms with Crippen LogP contribution in [0.1, 0.15) is 50.7 Å². The van der Waals surface area contributed by atoms with Crippen LogP contribution in [0, 0.1) is 0 Å². The molecule has 1 N–H and O–H groups in total. The van der Waals surface area contributed by atoms with E-state index in [0.717, 1.165) is 13.0 Å². The monoisotopic (exact) mass is 233 g/mol. The minimum absolute atomic E-state index is 1.10. The van der Waals surface area contributed by atoms with Crippen LogP contribution < -0.4 is 5.32 Å². The lowest BCUT2D eigenvalue weighted by Gasteiger charge is -2.04. The number of unbranched alkanes of at least 4 members (excludes halogenated alkanes) is 3. The van der Waals surface area contributed by atoms with Crippen LogP contribution in [0.3, 0.4) is 0 Å². The van der Waals surface area contributed by atoms with Crippen molar-refractivity contribution in [1.29, 1.82) is 0 Å². The number of hydrogen-bond acceptors (Lipinski definition) is 1. The van der Waals surface area contributed by atoms with E-state index >= 15 is 0 Å². The summed E-state index contributed by atoms with van der Waals surface area (Å²) in [7, 11) is 0. The number of aryl methyl sites for hydroxylation is 2. The van der Waals surface area contributed by atoms with Crippen molar-refractivity contribution >= 4 is 0 Å². The number of rotatable bonds is 9. The lowest BCUT2D eigenvalue weighted by Crippen LogP contribution is -2.13. The Morgan fingerprint density at radius 1 is 0.824 bits per heavy atom. The largest absolute Gasteiger partial charge is 0.317 e. The molecule has 0 aliphatic rings. The second kappa shape index (κ2) is 9.23. The highest BCUT2D eigenvalue weighted by atomic mass is 14.8. The third-order valence-electron chi connectivity index (χ3n) is 3.25. The van der Waals surface area contributed by atoms with E-state index in [1.54, 1.807) is 0 Å². The fourth-order valence-electron chi connectivity index (χ4n) is 2.05. The number of hydrogen-bond donors (Lipinski definition) is 1. The smallest absolute Gasteiger partial charge is 0.00490 e. The van der Waals surface area contributed by atoms with Crippen LogP contribution in [0.4, 0.5) is 0 Å². The number of benzene rings is 1. The molecular formula is C16H27N.